The van der Waals surface area contributed by atoms with Crippen molar-refractivity contribution in [3.8, 4) is 11.4 Å². The minimum Gasteiger partial charge on any atom is -0.343 e. The van der Waals surface area contributed by atoms with Gasteiger partial charge in [-0.3, -0.25) is 9.69 Å². The number of nitrogens with zero attached hydrogens (tertiary/aromatic N) is 3. The topological polar surface area (TPSA) is 71.3 Å². The SMILES string of the molecule is C[C@H]1CCCN(Cc2ccc(C(=O)NCc3nc(-c4ccc(Cl)cc4)no3)cc2)C1. The van der Waals surface area contributed by atoms with Crippen LogP contribution in [0.5, 0.6) is 0 Å². The van der Waals surface area contributed by atoms with E-state index >= 15 is 0 Å². The van der Waals surface area contributed by atoms with Crippen molar-refractivity contribution in [3.63, 3.8) is 0 Å². The quantitative estimate of drug-likeness (QED) is 0.628. The fraction of sp³-hybridized carbons (Fsp3) is 0.348. The van der Waals surface area contributed by atoms with Gasteiger partial charge in [0.05, 0.1) is 6.54 Å². The summed E-state index contributed by atoms with van der Waals surface area (Å²) in [4.78, 5) is 19.3. The van der Waals surface area contributed by atoms with Crippen LogP contribution in [0.25, 0.3) is 11.4 Å². The van der Waals surface area contributed by atoms with Crippen LogP contribution < -0.4 is 5.32 Å². The molecule has 0 saturated carbocycles. The molecule has 1 aliphatic heterocycles. The number of carbonyl (C=O) groups is 1. The Morgan fingerprint density at radius 1 is 1.20 bits per heavy atom. The Balaban J connectivity index is 1.30. The summed E-state index contributed by atoms with van der Waals surface area (Å²) in [5.74, 6) is 1.41. The van der Waals surface area contributed by atoms with Gasteiger partial charge in [-0.2, -0.15) is 4.98 Å². The van der Waals surface area contributed by atoms with E-state index in [1.807, 2.05) is 36.4 Å². The summed E-state index contributed by atoms with van der Waals surface area (Å²) in [6, 6.07) is 15.0. The maximum absolute atomic E-state index is 12.5. The lowest BCUT2D eigenvalue weighted by Crippen LogP contribution is -2.33. The van der Waals surface area contributed by atoms with Crippen LogP contribution >= 0.6 is 11.6 Å². The molecule has 3 aromatic rings. The molecule has 0 radical (unpaired) electrons. The number of rotatable bonds is 6. The first-order valence-corrected chi connectivity index (χ1v) is 10.6. The molecule has 1 saturated heterocycles. The third-order valence-corrected chi connectivity index (χ3v) is 5.59. The van der Waals surface area contributed by atoms with Gasteiger partial charge in [-0.05, 0) is 67.3 Å². The average Bonchev–Trinajstić information content (AvgIpc) is 3.22. The Kier molecular flexibility index (Phi) is 6.45. The zero-order chi connectivity index (χ0) is 20.9. The summed E-state index contributed by atoms with van der Waals surface area (Å²) >= 11 is 5.90. The van der Waals surface area contributed by atoms with E-state index in [9.17, 15) is 4.79 Å². The maximum atomic E-state index is 12.5. The van der Waals surface area contributed by atoms with E-state index in [-0.39, 0.29) is 12.5 Å². The fourth-order valence-electron chi connectivity index (χ4n) is 3.75. The highest BCUT2D eigenvalue weighted by atomic mass is 35.5. The second-order valence-electron chi connectivity index (χ2n) is 7.88. The Morgan fingerprint density at radius 3 is 2.70 bits per heavy atom. The molecule has 1 N–H and O–H groups in total. The molecule has 30 heavy (non-hydrogen) atoms. The Hall–Kier alpha value is -2.70. The minimum absolute atomic E-state index is 0.167. The van der Waals surface area contributed by atoms with Gasteiger partial charge in [0.1, 0.15) is 0 Å². The highest BCUT2D eigenvalue weighted by Gasteiger charge is 2.16. The van der Waals surface area contributed by atoms with E-state index in [0.717, 1.165) is 31.1 Å². The van der Waals surface area contributed by atoms with Gasteiger partial charge in [-0.15, -0.1) is 0 Å². The summed E-state index contributed by atoms with van der Waals surface area (Å²) in [6.45, 7) is 5.70. The molecule has 1 amide bonds. The van der Waals surface area contributed by atoms with Crippen LogP contribution in [0.3, 0.4) is 0 Å². The average molecular weight is 425 g/mol. The highest BCUT2D eigenvalue weighted by Crippen LogP contribution is 2.19. The van der Waals surface area contributed by atoms with Crippen LogP contribution in [0.15, 0.2) is 53.1 Å². The number of carbonyl (C=O) groups excluding carboxylic acids is 1. The van der Waals surface area contributed by atoms with Crippen LogP contribution in [0, 0.1) is 5.92 Å². The maximum Gasteiger partial charge on any atom is 0.251 e. The molecule has 1 aliphatic rings. The van der Waals surface area contributed by atoms with E-state index in [4.69, 9.17) is 16.1 Å². The standard InChI is InChI=1S/C23H25ClN4O2/c1-16-3-2-12-28(14-16)15-17-4-6-19(7-5-17)23(29)25-13-21-26-22(27-30-21)18-8-10-20(24)11-9-18/h4-11,16H,2-3,12-15H2,1H3,(H,25,29)/t16-/m0/s1. The third kappa shape index (κ3) is 5.26. The number of nitrogens with one attached hydrogen (secondary N) is 1. The number of halogens is 1. The van der Waals surface area contributed by atoms with Crippen LogP contribution in [-0.2, 0) is 13.1 Å². The van der Waals surface area contributed by atoms with E-state index in [0.29, 0.717) is 22.3 Å². The lowest BCUT2D eigenvalue weighted by molar-refractivity contribution is 0.0946. The summed E-state index contributed by atoms with van der Waals surface area (Å²) in [7, 11) is 0. The van der Waals surface area contributed by atoms with Crippen molar-refractivity contribution >= 4 is 17.5 Å². The largest absolute Gasteiger partial charge is 0.343 e. The van der Waals surface area contributed by atoms with Gasteiger partial charge in [0, 0.05) is 29.2 Å². The molecular formula is C23H25ClN4O2. The predicted molar refractivity (Wildman–Crippen MR) is 116 cm³/mol. The van der Waals surface area contributed by atoms with Crippen molar-refractivity contribution in [3.05, 3.63) is 70.6 Å². The van der Waals surface area contributed by atoms with Gasteiger partial charge in [0.15, 0.2) is 0 Å². The summed E-state index contributed by atoms with van der Waals surface area (Å²) in [5, 5.41) is 7.43. The second kappa shape index (κ2) is 9.41. The van der Waals surface area contributed by atoms with Gasteiger partial charge in [-0.25, -0.2) is 0 Å². The lowest BCUT2D eigenvalue weighted by Gasteiger charge is -2.30. The molecule has 7 heteroatoms. The van der Waals surface area contributed by atoms with Crippen LogP contribution in [-0.4, -0.2) is 34.0 Å². The molecule has 0 spiro atoms. The third-order valence-electron chi connectivity index (χ3n) is 5.33. The molecule has 1 fully saturated rings. The van der Waals surface area contributed by atoms with Gasteiger partial charge < -0.3 is 9.84 Å². The Bertz CT molecular complexity index is 985. The monoisotopic (exact) mass is 424 g/mol. The second-order valence-corrected chi connectivity index (χ2v) is 8.32. The number of amides is 1. The smallest absolute Gasteiger partial charge is 0.251 e. The molecule has 2 heterocycles. The molecule has 2 aromatic carbocycles. The predicted octanol–water partition coefficient (Wildman–Crippen LogP) is 4.55. The van der Waals surface area contributed by atoms with Crippen LogP contribution in [0.1, 0.15) is 41.6 Å². The lowest BCUT2D eigenvalue weighted by atomic mass is 9.99. The molecule has 6 nitrogen and oxygen atoms in total. The van der Waals surface area contributed by atoms with Gasteiger partial charge >= 0.3 is 0 Å². The number of aromatic nitrogens is 2. The fourth-order valence-corrected chi connectivity index (χ4v) is 3.88. The number of hydrogen-bond acceptors (Lipinski definition) is 5. The van der Waals surface area contributed by atoms with Crippen molar-refractivity contribution in [1.82, 2.24) is 20.4 Å². The summed E-state index contributed by atoms with van der Waals surface area (Å²) in [5.41, 5.74) is 2.65. The van der Waals surface area contributed by atoms with Crippen LogP contribution in [0.4, 0.5) is 0 Å². The number of likely N-dealkylation sites (tertiary alicyclic amines) is 1. The van der Waals surface area contributed by atoms with E-state index in [2.05, 4.69) is 27.3 Å². The van der Waals surface area contributed by atoms with E-state index < -0.39 is 0 Å². The molecular weight excluding hydrogens is 400 g/mol. The molecule has 0 aliphatic carbocycles. The van der Waals surface area contributed by atoms with Crippen molar-refractivity contribution < 1.29 is 9.32 Å². The zero-order valence-corrected chi connectivity index (χ0v) is 17.7. The number of benzene rings is 2. The first kappa shape index (κ1) is 20.6. The van der Waals surface area contributed by atoms with Crippen molar-refractivity contribution in [2.75, 3.05) is 13.1 Å². The number of hydrogen-bond donors (Lipinski definition) is 1. The Labute approximate surface area is 181 Å². The summed E-state index contributed by atoms with van der Waals surface area (Å²) < 4.78 is 5.23. The molecule has 4 rings (SSSR count). The Morgan fingerprint density at radius 2 is 1.97 bits per heavy atom. The van der Waals surface area contributed by atoms with Gasteiger partial charge in [0.2, 0.25) is 11.7 Å². The highest BCUT2D eigenvalue weighted by molar-refractivity contribution is 6.30. The van der Waals surface area contributed by atoms with Crippen molar-refractivity contribution in [2.24, 2.45) is 5.92 Å². The minimum atomic E-state index is -0.167. The molecule has 156 valence electrons. The van der Waals surface area contributed by atoms with Gasteiger partial charge in [-0.1, -0.05) is 35.8 Å². The van der Waals surface area contributed by atoms with Gasteiger partial charge in [0.25, 0.3) is 5.91 Å². The van der Waals surface area contributed by atoms with Crippen LogP contribution in [0.2, 0.25) is 5.02 Å². The first-order chi connectivity index (χ1) is 14.6. The normalized spacial score (nSPS) is 17.1. The molecule has 0 unspecified atom stereocenters. The summed E-state index contributed by atoms with van der Waals surface area (Å²) in [6.07, 6.45) is 2.58. The van der Waals surface area contributed by atoms with Crippen molar-refractivity contribution in [1.29, 1.82) is 0 Å². The molecule has 0 bridgehead atoms. The van der Waals surface area contributed by atoms with E-state index in [1.165, 1.54) is 18.4 Å². The van der Waals surface area contributed by atoms with Crippen molar-refractivity contribution in [2.45, 2.75) is 32.9 Å². The number of piperidine rings is 1. The molecule has 1 aromatic heterocycles. The van der Waals surface area contributed by atoms with E-state index in [1.54, 1.807) is 12.1 Å². The molecule has 1 atom stereocenters. The first-order valence-electron chi connectivity index (χ1n) is 10.2. The zero-order valence-electron chi connectivity index (χ0n) is 17.0.